The molecule has 3 rings (SSSR count). The van der Waals surface area contributed by atoms with Gasteiger partial charge in [-0.1, -0.05) is 42.5 Å². The summed E-state index contributed by atoms with van der Waals surface area (Å²) in [5.74, 6) is 0.677. The second-order valence-electron chi connectivity index (χ2n) is 6.07. The summed E-state index contributed by atoms with van der Waals surface area (Å²) in [6.45, 7) is 4.27. The van der Waals surface area contributed by atoms with E-state index in [9.17, 15) is 9.59 Å². The van der Waals surface area contributed by atoms with Crippen molar-refractivity contribution < 1.29 is 18.7 Å². The van der Waals surface area contributed by atoms with Crippen molar-refractivity contribution in [1.29, 1.82) is 0 Å². The Morgan fingerprint density at radius 1 is 1.04 bits per heavy atom. The molecule has 0 bridgehead atoms. The van der Waals surface area contributed by atoms with Crippen LogP contribution in [-0.2, 0) is 11.3 Å². The number of carbonyl (C=O) groups excluding carboxylic acids is 2. The van der Waals surface area contributed by atoms with Gasteiger partial charge in [0.1, 0.15) is 11.5 Å². The Morgan fingerprint density at radius 2 is 1.74 bits per heavy atom. The minimum Gasteiger partial charge on any atom is -0.462 e. The van der Waals surface area contributed by atoms with Gasteiger partial charge < -0.3 is 14.5 Å². The Hall–Kier alpha value is -3.34. The van der Waals surface area contributed by atoms with Crippen molar-refractivity contribution in [2.45, 2.75) is 20.4 Å². The van der Waals surface area contributed by atoms with Crippen molar-refractivity contribution in [2.24, 2.45) is 0 Å². The number of aryl methyl sites for hydroxylation is 1. The standard InChI is InChI=1S/C22H21NO4/c1-3-26-22(25)18-11-9-16(10-12-18)14-23-21(24)19-13-15(2)27-20(19)17-7-5-4-6-8-17/h4-13H,3,14H2,1-2H3,(H,23,24). The number of amides is 1. The maximum Gasteiger partial charge on any atom is 0.338 e. The van der Waals surface area contributed by atoms with Crippen LogP contribution in [0.5, 0.6) is 0 Å². The average Bonchev–Trinajstić information content (AvgIpc) is 3.09. The molecule has 5 nitrogen and oxygen atoms in total. The Morgan fingerprint density at radius 3 is 2.41 bits per heavy atom. The van der Waals surface area contributed by atoms with Gasteiger partial charge in [0, 0.05) is 12.1 Å². The van der Waals surface area contributed by atoms with E-state index < -0.39 is 0 Å². The van der Waals surface area contributed by atoms with Crippen LogP contribution in [0.2, 0.25) is 0 Å². The zero-order valence-electron chi connectivity index (χ0n) is 15.3. The van der Waals surface area contributed by atoms with Crippen LogP contribution in [-0.4, -0.2) is 18.5 Å². The molecule has 0 saturated carbocycles. The van der Waals surface area contributed by atoms with Gasteiger partial charge in [0.25, 0.3) is 5.91 Å². The molecule has 0 atom stereocenters. The average molecular weight is 363 g/mol. The lowest BCUT2D eigenvalue weighted by Crippen LogP contribution is -2.22. The van der Waals surface area contributed by atoms with E-state index in [1.165, 1.54) is 0 Å². The highest BCUT2D eigenvalue weighted by Crippen LogP contribution is 2.27. The van der Waals surface area contributed by atoms with Gasteiger partial charge in [-0.05, 0) is 37.6 Å². The third kappa shape index (κ3) is 4.44. The Balaban J connectivity index is 1.69. The molecule has 0 aliphatic carbocycles. The maximum absolute atomic E-state index is 12.6. The van der Waals surface area contributed by atoms with Gasteiger partial charge in [0.15, 0.2) is 0 Å². The van der Waals surface area contributed by atoms with Crippen LogP contribution < -0.4 is 5.32 Å². The summed E-state index contributed by atoms with van der Waals surface area (Å²) in [4.78, 5) is 24.3. The van der Waals surface area contributed by atoms with E-state index in [-0.39, 0.29) is 11.9 Å². The van der Waals surface area contributed by atoms with E-state index in [1.54, 1.807) is 37.3 Å². The van der Waals surface area contributed by atoms with Crippen molar-refractivity contribution in [3.63, 3.8) is 0 Å². The largest absolute Gasteiger partial charge is 0.462 e. The Kier molecular flexibility index (Phi) is 5.71. The molecule has 0 saturated heterocycles. The van der Waals surface area contributed by atoms with Gasteiger partial charge in [-0.3, -0.25) is 4.79 Å². The minimum absolute atomic E-state index is 0.208. The first-order chi connectivity index (χ1) is 13.1. The highest BCUT2D eigenvalue weighted by atomic mass is 16.5. The molecule has 27 heavy (non-hydrogen) atoms. The molecule has 0 fully saturated rings. The normalized spacial score (nSPS) is 10.4. The molecule has 0 aliphatic heterocycles. The topological polar surface area (TPSA) is 68.5 Å². The second-order valence-corrected chi connectivity index (χ2v) is 6.07. The Bertz CT molecular complexity index is 927. The van der Waals surface area contributed by atoms with Crippen molar-refractivity contribution in [3.05, 3.63) is 83.1 Å². The van der Waals surface area contributed by atoms with Gasteiger partial charge in [-0.15, -0.1) is 0 Å². The monoisotopic (exact) mass is 363 g/mol. The SMILES string of the molecule is CCOC(=O)c1ccc(CNC(=O)c2cc(C)oc2-c2ccccc2)cc1. The van der Waals surface area contributed by atoms with Gasteiger partial charge >= 0.3 is 5.97 Å². The predicted octanol–water partition coefficient (Wildman–Crippen LogP) is 4.36. The van der Waals surface area contributed by atoms with Gasteiger partial charge in [-0.2, -0.15) is 0 Å². The Labute approximate surface area is 158 Å². The minimum atomic E-state index is -0.352. The number of hydrogen-bond donors (Lipinski definition) is 1. The van der Waals surface area contributed by atoms with E-state index in [0.717, 1.165) is 11.1 Å². The van der Waals surface area contributed by atoms with Crippen molar-refractivity contribution in [1.82, 2.24) is 5.32 Å². The van der Waals surface area contributed by atoms with Gasteiger partial charge in [0.2, 0.25) is 0 Å². The van der Waals surface area contributed by atoms with Crippen LogP contribution in [0, 0.1) is 6.92 Å². The van der Waals surface area contributed by atoms with E-state index >= 15 is 0 Å². The van der Waals surface area contributed by atoms with Gasteiger partial charge in [0.05, 0.1) is 17.7 Å². The third-order valence-electron chi connectivity index (χ3n) is 4.05. The highest BCUT2D eigenvalue weighted by molar-refractivity contribution is 5.99. The molecule has 0 aliphatic rings. The number of furan rings is 1. The van der Waals surface area contributed by atoms with Crippen molar-refractivity contribution >= 4 is 11.9 Å². The van der Waals surface area contributed by atoms with Gasteiger partial charge in [-0.25, -0.2) is 4.79 Å². The fraction of sp³-hybridized carbons (Fsp3) is 0.182. The molecule has 1 N–H and O–H groups in total. The summed E-state index contributed by atoms with van der Waals surface area (Å²) in [6, 6.07) is 18.2. The first kappa shape index (κ1) is 18.5. The molecular weight excluding hydrogens is 342 g/mol. The molecule has 1 aromatic heterocycles. The van der Waals surface area contributed by atoms with Crippen LogP contribution in [0.25, 0.3) is 11.3 Å². The number of carbonyl (C=O) groups is 2. The maximum atomic E-state index is 12.6. The zero-order valence-corrected chi connectivity index (χ0v) is 15.3. The highest BCUT2D eigenvalue weighted by Gasteiger charge is 2.18. The third-order valence-corrected chi connectivity index (χ3v) is 4.05. The van der Waals surface area contributed by atoms with E-state index in [0.29, 0.717) is 35.8 Å². The summed E-state index contributed by atoms with van der Waals surface area (Å²) in [5, 5.41) is 2.90. The molecule has 1 heterocycles. The lowest BCUT2D eigenvalue weighted by molar-refractivity contribution is 0.0526. The van der Waals surface area contributed by atoms with Crippen LogP contribution in [0.4, 0.5) is 0 Å². The number of rotatable bonds is 6. The first-order valence-electron chi connectivity index (χ1n) is 8.78. The molecule has 138 valence electrons. The van der Waals surface area contributed by atoms with E-state index in [1.807, 2.05) is 37.3 Å². The lowest BCUT2D eigenvalue weighted by Gasteiger charge is -2.07. The molecule has 0 spiro atoms. The van der Waals surface area contributed by atoms with Crippen LogP contribution in [0.15, 0.2) is 65.1 Å². The van der Waals surface area contributed by atoms with Crippen molar-refractivity contribution in [3.8, 4) is 11.3 Å². The first-order valence-corrected chi connectivity index (χ1v) is 8.78. The number of ether oxygens (including phenoxy) is 1. The molecule has 3 aromatic rings. The summed E-state index contributed by atoms with van der Waals surface area (Å²) in [6.07, 6.45) is 0. The zero-order chi connectivity index (χ0) is 19.2. The van der Waals surface area contributed by atoms with E-state index in [4.69, 9.17) is 9.15 Å². The summed E-state index contributed by atoms with van der Waals surface area (Å²) < 4.78 is 10.7. The predicted molar refractivity (Wildman–Crippen MR) is 102 cm³/mol. The summed E-state index contributed by atoms with van der Waals surface area (Å²) >= 11 is 0. The fourth-order valence-corrected chi connectivity index (χ4v) is 2.74. The number of benzene rings is 2. The van der Waals surface area contributed by atoms with Crippen LogP contribution in [0.1, 0.15) is 39.0 Å². The molecule has 1 amide bonds. The molecule has 0 radical (unpaired) electrons. The summed E-state index contributed by atoms with van der Waals surface area (Å²) in [7, 11) is 0. The second kappa shape index (κ2) is 8.36. The fourth-order valence-electron chi connectivity index (χ4n) is 2.74. The smallest absolute Gasteiger partial charge is 0.338 e. The summed E-state index contributed by atoms with van der Waals surface area (Å²) in [5.41, 5.74) is 2.73. The molecule has 2 aromatic carbocycles. The lowest BCUT2D eigenvalue weighted by atomic mass is 10.1. The molecule has 0 unspecified atom stereocenters. The van der Waals surface area contributed by atoms with Crippen molar-refractivity contribution in [2.75, 3.05) is 6.61 Å². The number of esters is 1. The van der Waals surface area contributed by atoms with Crippen LogP contribution >= 0.6 is 0 Å². The molecular formula is C22H21NO4. The number of nitrogens with one attached hydrogen (secondary N) is 1. The quantitative estimate of drug-likeness (QED) is 0.661. The van der Waals surface area contributed by atoms with Crippen LogP contribution in [0.3, 0.4) is 0 Å². The number of hydrogen-bond acceptors (Lipinski definition) is 4. The van der Waals surface area contributed by atoms with E-state index in [2.05, 4.69) is 5.32 Å². The molecule has 5 heteroatoms.